The Morgan fingerprint density at radius 2 is 1.63 bits per heavy atom. The Morgan fingerprint density at radius 1 is 0.900 bits per heavy atom. The highest BCUT2D eigenvalue weighted by Crippen LogP contribution is 2.33. The van der Waals surface area contributed by atoms with Gasteiger partial charge in [0.05, 0.1) is 13.2 Å². The lowest BCUT2D eigenvalue weighted by Gasteiger charge is -2.35. The average Bonchev–Trinajstić information content (AvgIpc) is 3.15. The molecular formula is C24H26N2O4. The number of benzene rings is 2. The van der Waals surface area contributed by atoms with E-state index in [2.05, 4.69) is 6.07 Å². The number of rotatable bonds is 2. The molecule has 0 spiro atoms. The summed E-state index contributed by atoms with van der Waals surface area (Å²) in [6.07, 6.45) is 1.40. The number of hydrogen-bond acceptors (Lipinski definition) is 4. The number of aryl methyl sites for hydroxylation is 1. The van der Waals surface area contributed by atoms with Crippen molar-refractivity contribution in [1.82, 2.24) is 9.80 Å². The first-order chi connectivity index (χ1) is 14.6. The van der Waals surface area contributed by atoms with Gasteiger partial charge < -0.3 is 19.0 Å². The van der Waals surface area contributed by atoms with Crippen LogP contribution in [0, 0.1) is 12.8 Å². The van der Waals surface area contributed by atoms with Gasteiger partial charge in [0.25, 0.3) is 5.91 Å². The van der Waals surface area contributed by atoms with E-state index in [-0.39, 0.29) is 17.7 Å². The predicted molar refractivity (Wildman–Crippen MR) is 114 cm³/mol. The van der Waals surface area contributed by atoms with Crippen molar-refractivity contribution < 1.29 is 18.7 Å². The minimum absolute atomic E-state index is 0.00661. The van der Waals surface area contributed by atoms with E-state index < -0.39 is 0 Å². The van der Waals surface area contributed by atoms with Gasteiger partial charge in [-0.2, -0.15) is 0 Å². The van der Waals surface area contributed by atoms with Gasteiger partial charge in [0, 0.05) is 48.4 Å². The molecule has 1 aromatic heterocycles. The fraction of sp³-hybridized carbons (Fsp3) is 0.417. The number of carbonyl (C=O) groups excluding carboxylic acids is 2. The van der Waals surface area contributed by atoms with Gasteiger partial charge in [0.2, 0.25) is 5.91 Å². The number of ether oxygens (including phenoxy) is 1. The number of carbonyl (C=O) groups is 2. The topological polar surface area (TPSA) is 63.0 Å². The lowest BCUT2D eigenvalue weighted by Crippen LogP contribution is -2.47. The quantitative estimate of drug-likeness (QED) is 0.652. The van der Waals surface area contributed by atoms with Gasteiger partial charge in [-0.25, -0.2) is 0 Å². The lowest BCUT2D eigenvalue weighted by atomic mass is 9.94. The third-order valence-corrected chi connectivity index (χ3v) is 6.48. The van der Waals surface area contributed by atoms with Crippen molar-refractivity contribution >= 4 is 33.6 Å². The smallest absolute Gasteiger partial charge is 0.289 e. The standard InChI is InChI=1S/C24H26N2O4/c1-16-19-7-6-17-4-2-3-5-20(17)22(19)30-21(16)24(28)25-10-8-18(9-11-25)23(27)26-12-14-29-15-13-26/h2-7,18H,8-15H2,1H3. The van der Waals surface area contributed by atoms with E-state index in [0.717, 1.165) is 27.3 Å². The van der Waals surface area contributed by atoms with E-state index in [9.17, 15) is 9.59 Å². The summed E-state index contributed by atoms with van der Waals surface area (Å²) < 4.78 is 11.5. The molecule has 3 heterocycles. The molecule has 5 rings (SSSR count). The molecule has 6 heteroatoms. The summed E-state index contributed by atoms with van der Waals surface area (Å²) in [7, 11) is 0. The monoisotopic (exact) mass is 406 g/mol. The van der Waals surface area contributed by atoms with Crippen LogP contribution in [0.4, 0.5) is 0 Å². The Balaban J connectivity index is 1.33. The van der Waals surface area contributed by atoms with Gasteiger partial charge in [-0.15, -0.1) is 0 Å². The summed E-state index contributed by atoms with van der Waals surface area (Å²) in [5.41, 5.74) is 1.65. The summed E-state index contributed by atoms with van der Waals surface area (Å²) in [5, 5.41) is 3.10. The molecule has 0 aliphatic carbocycles. The molecule has 2 saturated heterocycles. The molecule has 156 valence electrons. The van der Waals surface area contributed by atoms with Crippen molar-refractivity contribution in [1.29, 1.82) is 0 Å². The zero-order valence-electron chi connectivity index (χ0n) is 17.2. The summed E-state index contributed by atoms with van der Waals surface area (Å²) in [6, 6.07) is 12.1. The van der Waals surface area contributed by atoms with Crippen LogP contribution >= 0.6 is 0 Å². The zero-order valence-corrected chi connectivity index (χ0v) is 17.2. The summed E-state index contributed by atoms with van der Waals surface area (Å²) >= 11 is 0. The molecule has 6 nitrogen and oxygen atoms in total. The molecular weight excluding hydrogens is 380 g/mol. The van der Waals surface area contributed by atoms with Gasteiger partial charge in [-0.05, 0) is 25.2 Å². The minimum atomic E-state index is -0.0787. The molecule has 0 unspecified atom stereocenters. The molecule has 2 amide bonds. The largest absolute Gasteiger partial charge is 0.450 e. The van der Waals surface area contributed by atoms with E-state index in [1.54, 1.807) is 0 Å². The van der Waals surface area contributed by atoms with Gasteiger partial charge in [0.1, 0.15) is 5.58 Å². The molecule has 0 atom stereocenters. The molecule has 0 radical (unpaired) electrons. The highest BCUT2D eigenvalue weighted by molar-refractivity contribution is 6.08. The first-order valence-electron chi connectivity index (χ1n) is 10.7. The number of morpholine rings is 1. The molecule has 2 aliphatic rings. The number of piperidine rings is 1. The van der Waals surface area contributed by atoms with Crippen LogP contribution in [0.2, 0.25) is 0 Å². The van der Waals surface area contributed by atoms with Crippen LogP contribution in [0.25, 0.3) is 21.7 Å². The van der Waals surface area contributed by atoms with Crippen LogP contribution in [-0.2, 0) is 9.53 Å². The third-order valence-electron chi connectivity index (χ3n) is 6.48. The highest BCUT2D eigenvalue weighted by Gasteiger charge is 2.32. The average molecular weight is 406 g/mol. The molecule has 2 aliphatic heterocycles. The van der Waals surface area contributed by atoms with Crippen LogP contribution in [0.5, 0.6) is 0 Å². The first-order valence-corrected chi connectivity index (χ1v) is 10.7. The maximum absolute atomic E-state index is 13.2. The summed E-state index contributed by atoms with van der Waals surface area (Å²) in [4.78, 5) is 29.7. The van der Waals surface area contributed by atoms with Gasteiger partial charge >= 0.3 is 0 Å². The van der Waals surface area contributed by atoms with Crippen molar-refractivity contribution in [3.05, 3.63) is 47.7 Å². The SMILES string of the molecule is Cc1c(C(=O)N2CCC(C(=O)N3CCOCC3)CC2)oc2c1ccc1ccccc12. The second-order valence-electron chi connectivity index (χ2n) is 8.22. The van der Waals surface area contributed by atoms with Crippen molar-refractivity contribution in [3.8, 4) is 0 Å². The number of fused-ring (bicyclic) bond motifs is 3. The maximum Gasteiger partial charge on any atom is 0.289 e. The van der Waals surface area contributed by atoms with Gasteiger partial charge in [-0.1, -0.05) is 36.4 Å². The second-order valence-corrected chi connectivity index (χ2v) is 8.22. The molecule has 0 saturated carbocycles. The molecule has 3 aromatic rings. The lowest BCUT2D eigenvalue weighted by molar-refractivity contribution is -0.141. The van der Waals surface area contributed by atoms with Crippen molar-refractivity contribution in [2.24, 2.45) is 5.92 Å². The Hall–Kier alpha value is -2.86. The molecule has 30 heavy (non-hydrogen) atoms. The highest BCUT2D eigenvalue weighted by atomic mass is 16.5. The minimum Gasteiger partial charge on any atom is -0.450 e. The van der Waals surface area contributed by atoms with Crippen molar-refractivity contribution in [3.63, 3.8) is 0 Å². The Bertz CT molecular complexity index is 1110. The number of hydrogen-bond donors (Lipinski definition) is 0. The zero-order chi connectivity index (χ0) is 20.7. The number of nitrogens with zero attached hydrogens (tertiary/aromatic N) is 2. The fourth-order valence-electron chi connectivity index (χ4n) is 4.67. The normalized spacial score (nSPS) is 18.3. The Labute approximate surface area is 175 Å². The van der Waals surface area contributed by atoms with E-state index in [1.165, 1.54) is 0 Å². The number of likely N-dealkylation sites (tertiary alicyclic amines) is 1. The van der Waals surface area contributed by atoms with Crippen LogP contribution in [0.3, 0.4) is 0 Å². The van der Waals surface area contributed by atoms with E-state index in [4.69, 9.17) is 9.15 Å². The summed E-state index contributed by atoms with van der Waals surface area (Å²) in [5.74, 6) is 0.536. The number of amides is 2. The summed E-state index contributed by atoms with van der Waals surface area (Å²) in [6.45, 7) is 5.68. The second kappa shape index (κ2) is 7.76. The molecule has 0 N–H and O–H groups in total. The first kappa shape index (κ1) is 19.1. The molecule has 0 bridgehead atoms. The van der Waals surface area contributed by atoms with Crippen LogP contribution in [0.15, 0.2) is 40.8 Å². The van der Waals surface area contributed by atoms with Crippen LogP contribution in [-0.4, -0.2) is 61.0 Å². The third kappa shape index (κ3) is 3.25. The van der Waals surface area contributed by atoms with Crippen LogP contribution in [0.1, 0.15) is 29.0 Å². The van der Waals surface area contributed by atoms with Crippen LogP contribution < -0.4 is 0 Å². The van der Waals surface area contributed by atoms with E-state index in [1.807, 2.05) is 47.1 Å². The Morgan fingerprint density at radius 3 is 2.40 bits per heavy atom. The van der Waals surface area contributed by atoms with Gasteiger partial charge in [-0.3, -0.25) is 9.59 Å². The Kier molecular flexibility index (Phi) is 4.95. The molecule has 2 fully saturated rings. The fourth-order valence-corrected chi connectivity index (χ4v) is 4.67. The van der Waals surface area contributed by atoms with E-state index >= 15 is 0 Å². The van der Waals surface area contributed by atoms with E-state index in [0.29, 0.717) is 58.0 Å². The maximum atomic E-state index is 13.2. The predicted octanol–water partition coefficient (Wildman–Crippen LogP) is 3.61. The number of furan rings is 1. The van der Waals surface area contributed by atoms with Crippen molar-refractivity contribution in [2.75, 3.05) is 39.4 Å². The van der Waals surface area contributed by atoms with Gasteiger partial charge in [0.15, 0.2) is 5.76 Å². The molecule has 2 aromatic carbocycles. The van der Waals surface area contributed by atoms with Crippen molar-refractivity contribution in [2.45, 2.75) is 19.8 Å².